The van der Waals surface area contributed by atoms with Crippen molar-refractivity contribution >= 4 is 71.2 Å². The van der Waals surface area contributed by atoms with Gasteiger partial charge in [-0.25, -0.2) is 0 Å². The van der Waals surface area contributed by atoms with Gasteiger partial charge in [-0.05, 0) is 109 Å². The van der Waals surface area contributed by atoms with Gasteiger partial charge in [0.25, 0.3) is 0 Å². The Morgan fingerprint density at radius 2 is 0.893 bits per heavy atom. The lowest BCUT2D eigenvalue weighted by molar-refractivity contribution is 1.17. The minimum atomic E-state index is 1.09. The molecule has 0 aliphatic rings. The molecule has 56 heavy (non-hydrogen) atoms. The van der Waals surface area contributed by atoms with Gasteiger partial charge in [0.15, 0.2) is 0 Å². The van der Waals surface area contributed by atoms with E-state index in [-0.39, 0.29) is 0 Å². The monoisotopic (exact) mass is 712 g/mol. The molecule has 0 aliphatic carbocycles. The molecule has 0 fully saturated rings. The van der Waals surface area contributed by atoms with Crippen molar-refractivity contribution < 1.29 is 0 Å². The first-order valence-electron chi connectivity index (χ1n) is 19.3. The fourth-order valence-electron chi connectivity index (χ4n) is 8.79. The fourth-order valence-corrected chi connectivity index (χ4v) is 8.79. The molecule has 1 heterocycles. The van der Waals surface area contributed by atoms with Crippen LogP contribution in [-0.4, -0.2) is 4.57 Å². The first-order chi connectivity index (χ1) is 27.8. The van der Waals surface area contributed by atoms with E-state index >= 15 is 0 Å². The van der Waals surface area contributed by atoms with Crippen LogP contribution in [-0.2, 0) is 0 Å². The highest BCUT2D eigenvalue weighted by Crippen LogP contribution is 2.45. The second-order valence-electron chi connectivity index (χ2n) is 14.5. The van der Waals surface area contributed by atoms with Gasteiger partial charge in [-0.2, -0.15) is 0 Å². The van der Waals surface area contributed by atoms with Crippen LogP contribution in [0.5, 0.6) is 0 Å². The molecule has 0 aliphatic heterocycles. The third-order valence-electron chi connectivity index (χ3n) is 11.3. The van der Waals surface area contributed by atoms with Gasteiger partial charge in [-0.1, -0.05) is 164 Å². The van der Waals surface area contributed by atoms with E-state index in [4.69, 9.17) is 0 Å². The molecular weight excluding hydrogens is 677 g/mol. The van der Waals surface area contributed by atoms with Gasteiger partial charge in [0, 0.05) is 27.8 Å². The molecule has 2 nitrogen and oxygen atoms in total. The van der Waals surface area contributed by atoms with Crippen LogP contribution >= 0.6 is 0 Å². The van der Waals surface area contributed by atoms with Crippen LogP contribution in [0.4, 0.5) is 17.1 Å². The molecule has 2 heteroatoms. The minimum Gasteiger partial charge on any atom is -0.308 e. The van der Waals surface area contributed by atoms with Gasteiger partial charge in [0.2, 0.25) is 0 Å². The molecule has 262 valence electrons. The number of aromatic nitrogens is 1. The maximum Gasteiger partial charge on any atom is 0.0782 e. The predicted molar refractivity (Wildman–Crippen MR) is 239 cm³/mol. The van der Waals surface area contributed by atoms with Crippen LogP contribution in [0, 0.1) is 0 Å². The number of rotatable bonds is 6. The topological polar surface area (TPSA) is 8.17 Å². The second-order valence-corrected chi connectivity index (χ2v) is 14.5. The van der Waals surface area contributed by atoms with Crippen molar-refractivity contribution in [2.45, 2.75) is 0 Å². The Labute approximate surface area is 325 Å². The molecule has 0 saturated carbocycles. The molecule has 1 aromatic heterocycles. The summed E-state index contributed by atoms with van der Waals surface area (Å²) in [4.78, 5) is 2.42. The molecule has 11 aromatic rings. The van der Waals surface area contributed by atoms with E-state index < -0.39 is 0 Å². The number of fused-ring (bicyclic) bond motifs is 8. The van der Waals surface area contributed by atoms with Crippen molar-refractivity contribution in [1.29, 1.82) is 0 Å². The summed E-state index contributed by atoms with van der Waals surface area (Å²) in [5.74, 6) is 0. The molecule has 0 bridgehead atoms. The van der Waals surface area contributed by atoms with E-state index in [2.05, 4.69) is 228 Å². The zero-order chi connectivity index (χ0) is 37.0. The Morgan fingerprint density at radius 1 is 0.339 bits per heavy atom. The molecule has 0 radical (unpaired) electrons. The number of para-hydroxylation sites is 3. The van der Waals surface area contributed by atoms with Crippen molar-refractivity contribution in [3.8, 4) is 27.9 Å². The summed E-state index contributed by atoms with van der Waals surface area (Å²) in [6, 6.07) is 79.4. The second kappa shape index (κ2) is 13.2. The molecule has 10 aromatic carbocycles. The van der Waals surface area contributed by atoms with Gasteiger partial charge >= 0.3 is 0 Å². The van der Waals surface area contributed by atoms with Crippen molar-refractivity contribution in [2.24, 2.45) is 0 Å². The Bertz CT molecular complexity index is 3210. The number of benzene rings is 10. The maximum atomic E-state index is 2.42. The van der Waals surface area contributed by atoms with Crippen molar-refractivity contribution in [2.75, 3.05) is 4.90 Å². The lowest BCUT2D eigenvalue weighted by atomic mass is 9.90. The lowest BCUT2D eigenvalue weighted by Gasteiger charge is -2.27. The highest BCUT2D eigenvalue weighted by atomic mass is 15.2. The average Bonchev–Trinajstić information content (AvgIpc) is 3.62. The SMILES string of the molecule is c1ccc(-c2ccc(N(c3ccc(-c4cc5ccc6ccccc6c5c5ccccc45)cc3)c3cccc4c5ccccc5n(-c5ccccc5)c34)cc2)cc1. The molecular formula is C54H36N2. The summed E-state index contributed by atoms with van der Waals surface area (Å²) >= 11 is 0. The maximum absolute atomic E-state index is 2.42. The standard InChI is InChI=1S/C54H36N2/c1-3-14-37(15-4-1)38-28-32-43(33-29-38)55(52-25-13-23-49-47-21-11-12-24-51(47)56(54(49)52)42-17-5-2-6-18-42)44-34-30-40(31-35-44)50-36-41-27-26-39-16-7-8-19-45(39)53(41)48-22-10-9-20-46(48)50/h1-36H. The highest BCUT2D eigenvalue weighted by molar-refractivity contribution is 6.23. The molecule has 0 amide bonds. The van der Waals surface area contributed by atoms with Gasteiger partial charge in [0.1, 0.15) is 0 Å². The fraction of sp³-hybridized carbons (Fsp3) is 0. The van der Waals surface area contributed by atoms with E-state index in [9.17, 15) is 0 Å². The van der Waals surface area contributed by atoms with Gasteiger partial charge in [-0.15, -0.1) is 0 Å². The summed E-state index contributed by atoms with van der Waals surface area (Å²) in [5.41, 5.74) is 11.6. The van der Waals surface area contributed by atoms with Gasteiger partial charge in [-0.3, -0.25) is 0 Å². The van der Waals surface area contributed by atoms with Crippen molar-refractivity contribution in [1.82, 2.24) is 4.57 Å². The Kier molecular flexibility index (Phi) is 7.53. The average molecular weight is 713 g/mol. The first-order valence-corrected chi connectivity index (χ1v) is 19.3. The Balaban J connectivity index is 1.12. The lowest BCUT2D eigenvalue weighted by Crippen LogP contribution is -2.11. The molecule has 0 atom stereocenters. The van der Waals surface area contributed by atoms with Crippen LogP contribution in [0.1, 0.15) is 0 Å². The first kappa shape index (κ1) is 32.0. The summed E-state index contributed by atoms with van der Waals surface area (Å²) < 4.78 is 2.42. The summed E-state index contributed by atoms with van der Waals surface area (Å²) in [7, 11) is 0. The van der Waals surface area contributed by atoms with E-state index in [0.29, 0.717) is 0 Å². The Morgan fingerprint density at radius 3 is 1.64 bits per heavy atom. The predicted octanol–water partition coefficient (Wildman–Crippen LogP) is 15.0. The summed E-state index contributed by atoms with van der Waals surface area (Å²) in [6.07, 6.45) is 0. The molecule has 0 saturated heterocycles. The van der Waals surface area contributed by atoms with E-state index in [1.54, 1.807) is 0 Å². The largest absolute Gasteiger partial charge is 0.308 e. The van der Waals surface area contributed by atoms with E-state index in [0.717, 1.165) is 22.7 Å². The highest BCUT2D eigenvalue weighted by Gasteiger charge is 2.22. The number of nitrogens with zero attached hydrogens (tertiary/aromatic N) is 2. The van der Waals surface area contributed by atoms with E-state index in [1.807, 2.05) is 0 Å². The van der Waals surface area contributed by atoms with Crippen LogP contribution in [0.2, 0.25) is 0 Å². The van der Waals surface area contributed by atoms with Crippen molar-refractivity contribution in [3.05, 3.63) is 218 Å². The third-order valence-corrected chi connectivity index (χ3v) is 11.3. The number of anilines is 3. The van der Waals surface area contributed by atoms with Crippen LogP contribution in [0.3, 0.4) is 0 Å². The van der Waals surface area contributed by atoms with Crippen LogP contribution in [0.25, 0.3) is 82.1 Å². The minimum absolute atomic E-state index is 1.09. The molecule has 0 N–H and O–H groups in total. The molecule has 11 rings (SSSR count). The zero-order valence-electron chi connectivity index (χ0n) is 30.7. The van der Waals surface area contributed by atoms with Crippen LogP contribution in [0.15, 0.2) is 218 Å². The van der Waals surface area contributed by atoms with E-state index in [1.165, 1.54) is 76.4 Å². The Hall–Kier alpha value is -7.42. The quantitative estimate of drug-likeness (QED) is 0.156. The third kappa shape index (κ3) is 5.19. The van der Waals surface area contributed by atoms with Gasteiger partial charge in [0.05, 0.1) is 16.7 Å². The van der Waals surface area contributed by atoms with Crippen LogP contribution < -0.4 is 4.90 Å². The summed E-state index contributed by atoms with van der Waals surface area (Å²) in [6.45, 7) is 0. The van der Waals surface area contributed by atoms with Gasteiger partial charge < -0.3 is 9.47 Å². The number of hydrogen-bond acceptors (Lipinski definition) is 1. The van der Waals surface area contributed by atoms with Crippen molar-refractivity contribution in [3.63, 3.8) is 0 Å². The number of hydrogen-bond donors (Lipinski definition) is 0. The summed E-state index contributed by atoms with van der Waals surface area (Å²) in [5, 5.41) is 10.1. The smallest absolute Gasteiger partial charge is 0.0782 e. The normalized spacial score (nSPS) is 11.6. The molecule has 0 unspecified atom stereocenters. The zero-order valence-corrected chi connectivity index (χ0v) is 30.7. The molecule has 0 spiro atoms.